The average molecular weight is 429 g/mol. The molecule has 1 aromatic carbocycles. The van der Waals surface area contributed by atoms with E-state index in [-0.39, 0.29) is 18.4 Å². The third-order valence-corrected chi connectivity index (χ3v) is 6.67. The van der Waals surface area contributed by atoms with Gasteiger partial charge >= 0.3 is 0 Å². The molecule has 2 aliphatic rings. The van der Waals surface area contributed by atoms with Gasteiger partial charge in [-0.2, -0.15) is 0 Å². The standard InChI is InChI=1S/C23H28N2O4S/c1-2-28-20-14-17(23(27)25-12-8-21-18(15-25)9-13-30-21)6-7-19(20)29-16-22(26)24-10-4-3-5-11-24/h6-7,9,13-14H,2-5,8,10-12,15-16H2,1H3. The molecule has 160 valence electrons. The van der Waals surface area contributed by atoms with E-state index in [0.29, 0.717) is 30.2 Å². The van der Waals surface area contributed by atoms with E-state index >= 15 is 0 Å². The smallest absolute Gasteiger partial charge is 0.260 e. The number of hydrogen-bond donors (Lipinski definition) is 0. The summed E-state index contributed by atoms with van der Waals surface area (Å²) in [6.45, 7) is 5.30. The summed E-state index contributed by atoms with van der Waals surface area (Å²) < 4.78 is 11.5. The topological polar surface area (TPSA) is 59.1 Å². The Morgan fingerprint density at radius 1 is 1.00 bits per heavy atom. The molecule has 0 spiro atoms. The summed E-state index contributed by atoms with van der Waals surface area (Å²) in [4.78, 5) is 30.5. The molecule has 0 bridgehead atoms. The van der Waals surface area contributed by atoms with Crippen LogP contribution in [0.2, 0.25) is 0 Å². The highest BCUT2D eigenvalue weighted by Crippen LogP contribution is 2.31. The van der Waals surface area contributed by atoms with Crippen molar-refractivity contribution in [1.29, 1.82) is 0 Å². The van der Waals surface area contributed by atoms with Gasteiger partial charge in [0.15, 0.2) is 18.1 Å². The molecule has 0 radical (unpaired) electrons. The number of nitrogens with zero attached hydrogens (tertiary/aromatic N) is 2. The Kier molecular flexibility index (Phi) is 6.57. The van der Waals surface area contributed by atoms with Crippen LogP contribution in [0.3, 0.4) is 0 Å². The third kappa shape index (κ3) is 4.61. The second-order valence-corrected chi connectivity index (χ2v) is 8.67. The zero-order chi connectivity index (χ0) is 20.9. The van der Waals surface area contributed by atoms with Gasteiger partial charge in [0, 0.05) is 36.6 Å². The summed E-state index contributed by atoms with van der Waals surface area (Å²) in [5.41, 5.74) is 1.81. The molecule has 0 atom stereocenters. The predicted octanol–water partition coefficient (Wildman–Crippen LogP) is 3.74. The van der Waals surface area contributed by atoms with Crippen molar-refractivity contribution in [3.63, 3.8) is 0 Å². The van der Waals surface area contributed by atoms with E-state index in [9.17, 15) is 9.59 Å². The predicted molar refractivity (Wildman–Crippen MR) is 116 cm³/mol. The molecule has 0 N–H and O–H groups in total. The molecule has 6 nitrogen and oxygen atoms in total. The number of ether oxygens (including phenoxy) is 2. The Morgan fingerprint density at radius 2 is 1.83 bits per heavy atom. The molecule has 2 aromatic rings. The SMILES string of the molecule is CCOc1cc(C(=O)N2CCc3sccc3C2)ccc1OCC(=O)N1CCCCC1. The first-order chi connectivity index (χ1) is 14.7. The van der Waals surface area contributed by atoms with Gasteiger partial charge in [-0.3, -0.25) is 9.59 Å². The lowest BCUT2D eigenvalue weighted by molar-refractivity contribution is -0.134. The Labute approximate surface area is 181 Å². The molecule has 1 fully saturated rings. The first-order valence-electron chi connectivity index (χ1n) is 10.7. The molecule has 2 amide bonds. The van der Waals surface area contributed by atoms with Crippen LogP contribution in [0.15, 0.2) is 29.6 Å². The fraction of sp³-hybridized carbons (Fsp3) is 0.478. The van der Waals surface area contributed by atoms with Crippen molar-refractivity contribution in [2.45, 2.75) is 39.2 Å². The zero-order valence-corrected chi connectivity index (χ0v) is 18.2. The highest BCUT2D eigenvalue weighted by Gasteiger charge is 2.24. The van der Waals surface area contributed by atoms with Crippen molar-refractivity contribution in [2.75, 3.05) is 32.8 Å². The van der Waals surface area contributed by atoms with Gasteiger partial charge < -0.3 is 19.3 Å². The van der Waals surface area contributed by atoms with Gasteiger partial charge in [-0.25, -0.2) is 0 Å². The number of carbonyl (C=O) groups is 2. The summed E-state index contributed by atoms with van der Waals surface area (Å²) in [7, 11) is 0. The van der Waals surface area contributed by atoms with Crippen LogP contribution in [-0.4, -0.2) is 54.5 Å². The molecule has 3 heterocycles. The molecule has 2 aliphatic heterocycles. The molecular weight excluding hydrogens is 400 g/mol. The van der Waals surface area contributed by atoms with Gasteiger partial charge in [-0.05, 0) is 67.8 Å². The summed E-state index contributed by atoms with van der Waals surface area (Å²) >= 11 is 1.76. The highest BCUT2D eigenvalue weighted by atomic mass is 32.1. The van der Waals surface area contributed by atoms with Crippen LogP contribution in [0.1, 0.15) is 47.0 Å². The summed E-state index contributed by atoms with van der Waals surface area (Å²) in [6, 6.07) is 7.33. The average Bonchev–Trinajstić information content (AvgIpc) is 3.26. The molecule has 7 heteroatoms. The molecule has 4 rings (SSSR count). The number of thiophene rings is 1. The van der Waals surface area contributed by atoms with Crippen molar-refractivity contribution < 1.29 is 19.1 Å². The van der Waals surface area contributed by atoms with E-state index in [4.69, 9.17) is 9.47 Å². The van der Waals surface area contributed by atoms with E-state index in [0.717, 1.165) is 38.9 Å². The lowest BCUT2D eigenvalue weighted by Gasteiger charge is -2.27. The normalized spacial score (nSPS) is 16.2. The van der Waals surface area contributed by atoms with Gasteiger partial charge in [0.1, 0.15) is 0 Å². The Morgan fingerprint density at radius 3 is 2.63 bits per heavy atom. The van der Waals surface area contributed by atoms with Gasteiger partial charge in [0.05, 0.1) is 6.61 Å². The van der Waals surface area contributed by atoms with Crippen LogP contribution >= 0.6 is 11.3 Å². The van der Waals surface area contributed by atoms with Crippen LogP contribution in [0.4, 0.5) is 0 Å². The summed E-state index contributed by atoms with van der Waals surface area (Å²) in [5.74, 6) is 0.987. The van der Waals surface area contributed by atoms with E-state index in [1.807, 2.05) is 16.7 Å². The molecule has 1 aromatic heterocycles. The van der Waals surface area contributed by atoms with Crippen LogP contribution in [0.25, 0.3) is 0 Å². The van der Waals surface area contributed by atoms with Gasteiger partial charge in [-0.1, -0.05) is 0 Å². The zero-order valence-electron chi connectivity index (χ0n) is 17.4. The van der Waals surface area contributed by atoms with E-state index < -0.39 is 0 Å². The van der Waals surface area contributed by atoms with Crippen molar-refractivity contribution in [2.24, 2.45) is 0 Å². The number of fused-ring (bicyclic) bond motifs is 1. The molecular formula is C23H28N2O4S. The molecule has 0 aliphatic carbocycles. The van der Waals surface area contributed by atoms with Crippen LogP contribution in [0, 0.1) is 0 Å². The monoisotopic (exact) mass is 428 g/mol. The maximum atomic E-state index is 13.0. The minimum absolute atomic E-state index is 0.00261. The largest absolute Gasteiger partial charge is 0.490 e. The number of hydrogen-bond acceptors (Lipinski definition) is 5. The molecule has 0 saturated carbocycles. The summed E-state index contributed by atoms with van der Waals surface area (Å²) in [6.07, 6.45) is 4.18. The third-order valence-electron chi connectivity index (χ3n) is 5.65. The first-order valence-corrected chi connectivity index (χ1v) is 11.6. The molecule has 0 unspecified atom stereocenters. The lowest BCUT2D eigenvalue weighted by Crippen LogP contribution is -2.38. The molecule has 30 heavy (non-hydrogen) atoms. The number of piperidine rings is 1. The minimum atomic E-state index is -0.0135. The first kappa shape index (κ1) is 20.7. The highest BCUT2D eigenvalue weighted by molar-refractivity contribution is 7.10. The van der Waals surface area contributed by atoms with E-state index in [1.54, 1.807) is 29.5 Å². The van der Waals surface area contributed by atoms with Crippen LogP contribution in [-0.2, 0) is 17.8 Å². The Hall–Kier alpha value is -2.54. The number of carbonyl (C=O) groups excluding carboxylic acids is 2. The fourth-order valence-corrected chi connectivity index (χ4v) is 4.90. The second kappa shape index (κ2) is 9.51. The number of rotatable bonds is 6. The van der Waals surface area contributed by atoms with Crippen LogP contribution < -0.4 is 9.47 Å². The quantitative estimate of drug-likeness (QED) is 0.703. The number of benzene rings is 1. The maximum Gasteiger partial charge on any atom is 0.260 e. The number of likely N-dealkylation sites (tertiary alicyclic amines) is 1. The lowest BCUT2D eigenvalue weighted by atomic mass is 10.1. The minimum Gasteiger partial charge on any atom is -0.490 e. The van der Waals surface area contributed by atoms with Gasteiger partial charge in [0.2, 0.25) is 0 Å². The fourth-order valence-electron chi connectivity index (χ4n) is 4.01. The van der Waals surface area contributed by atoms with Gasteiger partial charge in [0.25, 0.3) is 11.8 Å². The Balaban J connectivity index is 1.43. The van der Waals surface area contributed by atoms with E-state index in [2.05, 4.69) is 11.4 Å². The van der Waals surface area contributed by atoms with E-state index in [1.165, 1.54) is 16.9 Å². The second-order valence-electron chi connectivity index (χ2n) is 7.67. The van der Waals surface area contributed by atoms with Crippen molar-refractivity contribution in [3.05, 3.63) is 45.6 Å². The number of amides is 2. The van der Waals surface area contributed by atoms with Crippen molar-refractivity contribution in [1.82, 2.24) is 9.80 Å². The Bertz CT molecular complexity index is 904. The molecule has 1 saturated heterocycles. The van der Waals surface area contributed by atoms with Gasteiger partial charge in [-0.15, -0.1) is 11.3 Å². The van der Waals surface area contributed by atoms with Crippen LogP contribution in [0.5, 0.6) is 11.5 Å². The summed E-state index contributed by atoms with van der Waals surface area (Å²) in [5, 5.41) is 2.09. The van der Waals surface area contributed by atoms with Crippen molar-refractivity contribution in [3.8, 4) is 11.5 Å². The van der Waals surface area contributed by atoms with Crippen molar-refractivity contribution >= 4 is 23.2 Å². The maximum absolute atomic E-state index is 13.0.